The monoisotopic (exact) mass is 330 g/mol. The highest BCUT2D eigenvalue weighted by Crippen LogP contribution is 2.20. The number of ketones is 1. The molecule has 0 radical (unpaired) electrons. The van der Waals surface area contributed by atoms with Crippen LogP contribution in [0.2, 0.25) is 0 Å². The molecule has 0 spiro atoms. The van der Waals surface area contributed by atoms with Crippen LogP contribution in [0.1, 0.15) is 26.3 Å². The molecule has 0 aliphatic heterocycles. The molecular weight excluding hydrogens is 312 g/mol. The Morgan fingerprint density at radius 1 is 0.760 bits per heavy atom. The van der Waals surface area contributed by atoms with E-state index in [2.05, 4.69) is 0 Å². The molecule has 0 N–H and O–H groups in total. The number of benzene rings is 3. The van der Waals surface area contributed by atoms with Gasteiger partial charge in [-0.3, -0.25) is 4.79 Å². The first-order valence-corrected chi connectivity index (χ1v) is 8.03. The molecule has 0 saturated carbocycles. The van der Waals surface area contributed by atoms with E-state index in [0.29, 0.717) is 11.1 Å². The average molecular weight is 330 g/mol. The van der Waals surface area contributed by atoms with Crippen molar-refractivity contribution in [1.82, 2.24) is 0 Å². The second-order valence-electron chi connectivity index (χ2n) is 5.74. The van der Waals surface area contributed by atoms with Crippen molar-refractivity contribution in [2.75, 3.05) is 7.11 Å². The minimum atomic E-state index is -0.401. The predicted molar refractivity (Wildman–Crippen MR) is 97.7 cm³/mol. The highest BCUT2D eigenvalue weighted by atomic mass is 16.5. The first-order chi connectivity index (χ1) is 12.2. The summed E-state index contributed by atoms with van der Waals surface area (Å²) in [4.78, 5) is 24.1. The topological polar surface area (TPSA) is 43.4 Å². The molecule has 0 unspecified atom stereocenters. The van der Waals surface area contributed by atoms with Gasteiger partial charge in [-0.1, -0.05) is 66.7 Å². The highest BCUT2D eigenvalue weighted by molar-refractivity contribution is 5.98. The quantitative estimate of drug-likeness (QED) is 0.508. The summed E-state index contributed by atoms with van der Waals surface area (Å²) in [5.41, 5.74) is 4.09. The van der Waals surface area contributed by atoms with Crippen molar-refractivity contribution in [3.05, 3.63) is 95.6 Å². The highest BCUT2D eigenvalue weighted by Gasteiger charge is 2.10. The molecule has 0 amide bonds. The summed E-state index contributed by atoms with van der Waals surface area (Å²) in [6, 6.07) is 24.6. The van der Waals surface area contributed by atoms with Crippen LogP contribution in [0.5, 0.6) is 0 Å². The van der Waals surface area contributed by atoms with Crippen molar-refractivity contribution in [3.8, 4) is 11.1 Å². The third-order valence-corrected chi connectivity index (χ3v) is 4.03. The summed E-state index contributed by atoms with van der Waals surface area (Å²) >= 11 is 0. The molecule has 3 aromatic carbocycles. The minimum absolute atomic E-state index is 0.0154. The summed E-state index contributed by atoms with van der Waals surface area (Å²) < 4.78 is 4.71. The molecule has 0 aromatic heterocycles. The van der Waals surface area contributed by atoms with Gasteiger partial charge in [0.15, 0.2) is 5.78 Å². The Balaban J connectivity index is 1.74. The Bertz CT molecular complexity index is 881. The number of carbonyl (C=O) groups excluding carboxylic acids is 2. The molecule has 0 aliphatic rings. The largest absolute Gasteiger partial charge is 0.465 e. The first-order valence-electron chi connectivity index (χ1n) is 8.03. The number of esters is 1. The molecule has 3 rings (SSSR count). The molecule has 0 heterocycles. The van der Waals surface area contributed by atoms with Crippen LogP contribution in [0.25, 0.3) is 11.1 Å². The lowest BCUT2D eigenvalue weighted by Gasteiger charge is -2.06. The summed E-state index contributed by atoms with van der Waals surface area (Å²) in [5, 5.41) is 0. The molecule has 25 heavy (non-hydrogen) atoms. The normalized spacial score (nSPS) is 10.3. The van der Waals surface area contributed by atoms with Gasteiger partial charge in [0.05, 0.1) is 12.7 Å². The van der Waals surface area contributed by atoms with Crippen molar-refractivity contribution in [2.45, 2.75) is 6.42 Å². The van der Waals surface area contributed by atoms with E-state index in [1.807, 2.05) is 60.7 Å². The predicted octanol–water partition coefficient (Wildman–Crippen LogP) is 4.57. The maximum Gasteiger partial charge on any atom is 0.337 e. The third-order valence-electron chi connectivity index (χ3n) is 4.03. The summed E-state index contributed by atoms with van der Waals surface area (Å²) in [7, 11) is 1.34. The smallest absolute Gasteiger partial charge is 0.337 e. The molecule has 3 heteroatoms. The SMILES string of the molecule is COC(=O)c1cccc(CC(=O)c2ccc(-c3ccccc3)cc2)c1. The van der Waals surface area contributed by atoms with Crippen LogP contribution in [-0.4, -0.2) is 18.9 Å². The van der Waals surface area contributed by atoms with Crippen molar-refractivity contribution in [3.63, 3.8) is 0 Å². The fourth-order valence-electron chi connectivity index (χ4n) is 2.69. The minimum Gasteiger partial charge on any atom is -0.465 e. The second kappa shape index (κ2) is 7.58. The third kappa shape index (κ3) is 4.01. The van der Waals surface area contributed by atoms with Crippen LogP contribution < -0.4 is 0 Å². The lowest BCUT2D eigenvalue weighted by atomic mass is 9.99. The number of carbonyl (C=O) groups is 2. The van der Waals surface area contributed by atoms with E-state index in [-0.39, 0.29) is 12.2 Å². The summed E-state index contributed by atoms with van der Waals surface area (Å²) in [5.74, 6) is -0.386. The second-order valence-corrected chi connectivity index (χ2v) is 5.74. The van der Waals surface area contributed by atoms with Gasteiger partial charge in [0.25, 0.3) is 0 Å². The van der Waals surface area contributed by atoms with Crippen LogP contribution in [0.15, 0.2) is 78.9 Å². The van der Waals surface area contributed by atoms with Gasteiger partial charge < -0.3 is 4.74 Å². The van der Waals surface area contributed by atoms with Crippen molar-refractivity contribution in [2.24, 2.45) is 0 Å². The molecule has 3 aromatic rings. The lowest BCUT2D eigenvalue weighted by Crippen LogP contribution is -2.06. The standard InChI is InChI=1S/C22H18O3/c1-25-22(24)20-9-5-6-16(14-20)15-21(23)19-12-10-18(11-13-19)17-7-3-2-4-8-17/h2-14H,15H2,1H3. The number of methoxy groups -OCH3 is 1. The molecule has 0 fully saturated rings. The number of hydrogen-bond acceptors (Lipinski definition) is 3. The molecule has 0 aliphatic carbocycles. The first kappa shape index (κ1) is 16.7. The van der Waals surface area contributed by atoms with E-state index in [0.717, 1.165) is 16.7 Å². The maximum absolute atomic E-state index is 12.5. The molecule has 0 atom stereocenters. The van der Waals surface area contributed by atoms with E-state index < -0.39 is 5.97 Å². The summed E-state index contributed by atoms with van der Waals surface area (Å²) in [6.45, 7) is 0. The number of Topliss-reactive ketones (excluding diaryl/α,β-unsaturated/α-hetero) is 1. The Kier molecular flexibility index (Phi) is 5.05. The van der Waals surface area contributed by atoms with Gasteiger partial charge in [-0.15, -0.1) is 0 Å². The van der Waals surface area contributed by atoms with Crippen molar-refractivity contribution >= 4 is 11.8 Å². The zero-order valence-corrected chi connectivity index (χ0v) is 13.9. The van der Waals surface area contributed by atoms with E-state index in [1.165, 1.54) is 7.11 Å². The van der Waals surface area contributed by atoms with Crippen molar-refractivity contribution < 1.29 is 14.3 Å². The lowest BCUT2D eigenvalue weighted by molar-refractivity contribution is 0.0600. The van der Waals surface area contributed by atoms with Gasteiger partial charge in [-0.25, -0.2) is 4.79 Å². The number of rotatable bonds is 5. The zero-order valence-electron chi connectivity index (χ0n) is 13.9. The fraction of sp³-hybridized carbons (Fsp3) is 0.0909. The van der Waals surface area contributed by atoms with Crippen LogP contribution in [0.4, 0.5) is 0 Å². The van der Waals surface area contributed by atoms with E-state index in [9.17, 15) is 9.59 Å². The van der Waals surface area contributed by atoms with Gasteiger partial charge in [-0.2, -0.15) is 0 Å². The van der Waals surface area contributed by atoms with Crippen LogP contribution >= 0.6 is 0 Å². The van der Waals surface area contributed by atoms with Crippen LogP contribution in [-0.2, 0) is 11.2 Å². The summed E-state index contributed by atoms with van der Waals surface area (Å²) in [6.07, 6.45) is 0.246. The van der Waals surface area contributed by atoms with Gasteiger partial charge in [-0.05, 0) is 28.8 Å². The number of hydrogen-bond donors (Lipinski definition) is 0. The Hall–Kier alpha value is -3.20. The van der Waals surface area contributed by atoms with E-state index in [4.69, 9.17) is 4.74 Å². The van der Waals surface area contributed by atoms with Gasteiger partial charge in [0.2, 0.25) is 0 Å². The fourth-order valence-corrected chi connectivity index (χ4v) is 2.69. The van der Waals surface area contributed by atoms with Gasteiger partial charge >= 0.3 is 5.97 Å². The Morgan fingerprint density at radius 3 is 2.12 bits per heavy atom. The van der Waals surface area contributed by atoms with Crippen LogP contribution in [0.3, 0.4) is 0 Å². The van der Waals surface area contributed by atoms with E-state index >= 15 is 0 Å². The maximum atomic E-state index is 12.5. The van der Waals surface area contributed by atoms with Gasteiger partial charge in [0, 0.05) is 12.0 Å². The van der Waals surface area contributed by atoms with Gasteiger partial charge in [0.1, 0.15) is 0 Å². The molecule has 3 nitrogen and oxygen atoms in total. The Labute approximate surface area is 146 Å². The van der Waals surface area contributed by atoms with Crippen molar-refractivity contribution in [1.29, 1.82) is 0 Å². The molecular formula is C22H18O3. The number of ether oxygens (including phenoxy) is 1. The average Bonchev–Trinajstić information content (AvgIpc) is 2.68. The zero-order chi connectivity index (χ0) is 17.6. The Morgan fingerprint density at radius 2 is 1.44 bits per heavy atom. The molecule has 124 valence electrons. The van der Waals surface area contributed by atoms with E-state index in [1.54, 1.807) is 18.2 Å². The van der Waals surface area contributed by atoms with Crippen LogP contribution in [0, 0.1) is 0 Å². The molecule has 0 saturated heterocycles. The molecule has 0 bridgehead atoms.